The summed E-state index contributed by atoms with van der Waals surface area (Å²) in [6.45, 7) is 2.13. The smallest absolute Gasteiger partial charge is 0.254 e. The van der Waals surface area contributed by atoms with Gasteiger partial charge in [-0.05, 0) is 25.3 Å². The fraction of sp³-hybridized carbons (Fsp3) is 0.917. The highest BCUT2D eigenvalue weighted by molar-refractivity contribution is 5.81. The number of carbonyl (C=O) groups is 1. The Morgan fingerprint density at radius 3 is 2.88 bits per heavy atom. The van der Waals surface area contributed by atoms with Gasteiger partial charge < -0.3 is 20.1 Å². The van der Waals surface area contributed by atoms with Gasteiger partial charge in [-0.1, -0.05) is 6.42 Å². The van der Waals surface area contributed by atoms with E-state index in [2.05, 4.69) is 0 Å². The molecule has 17 heavy (non-hydrogen) atoms. The summed E-state index contributed by atoms with van der Waals surface area (Å²) >= 11 is 0. The van der Waals surface area contributed by atoms with Crippen LogP contribution in [-0.2, 0) is 14.3 Å². The lowest BCUT2D eigenvalue weighted by Crippen LogP contribution is -2.49. The molecule has 0 aromatic heterocycles. The van der Waals surface area contributed by atoms with E-state index >= 15 is 0 Å². The van der Waals surface area contributed by atoms with Crippen LogP contribution in [0.3, 0.4) is 0 Å². The molecule has 2 N–H and O–H groups in total. The van der Waals surface area contributed by atoms with E-state index in [0.29, 0.717) is 32.3 Å². The lowest BCUT2D eigenvalue weighted by atomic mass is 10.0. The van der Waals surface area contributed by atoms with Crippen LogP contribution in [0.2, 0.25) is 0 Å². The first kappa shape index (κ1) is 12.8. The summed E-state index contributed by atoms with van der Waals surface area (Å²) < 4.78 is 10.7. The third kappa shape index (κ3) is 2.78. The van der Waals surface area contributed by atoms with Crippen LogP contribution in [0.15, 0.2) is 0 Å². The maximum atomic E-state index is 12.2. The van der Waals surface area contributed by atoms with Gasteiger partial charge in [0.15, 0.2) is 6.10 Å². The second-order valence-electron chi connectivity index (χ2n) is 4.88. The van der Waals surface area contributed by atoms with Gasteiger partial charge in [0.2, 0.25) is 0 Å². The molecule has 0 radical (unpaired) electrons. The van der Waals surface area contributed by atoms with Crippen molar-refractivity contribution >= 4 is 5.91 Å². The van der Waals surface area contributed by atoms with Gasteiger partial charge >= 0.3 is 0 Å². The van der Waals surface area contributed by atoms with Crippen molar-refractivity contribution in [3.63, 3.8) is 0 Å². The molecule has 0 aromatic carbocycles. The van der Waals surface area contributed by atoms with Crippen molar-refractivity contribution in [1.29, 1.82) is 0 Å². The van der Waals surface area contributed by atoms with E-state index in [1.165, 1.54) is 0 Å². The Kier molecular flexibility index (Phi) is 4.36. The van der Waals surface area contributed by atoms with Gasteiger partial charge in [0.05, 0.1) is 19.8 Å². The molecule has 5 heteroatoms. The Labute approximate surface area is 102 Å². The molecular formula is C12H22N2O3. The molecule has 1 heterocycles. The van der Waals surface area contributed by atoms with Gasteiger partial charge in [-0.2, -0.15) is 0 Å². The highest BCUT2D eigenvalue weighted by Crippen LogP contribution is 2.29. The Bertz CT molecular complexity index is 266. The van der Waals surface area contributed by atoms with Crippen molar-refractivity contribution in [2.75, 3.05) is 33.4 Å². The fourth-order valence-electron chi connectivity index (χ4n) is 2.82. The highest BCUT2D eigenvalue weighted by atomic mass is 16.6. The fourth-order valence-corrected chi connectivity index (χ4v) is 2.82. The topological polar surface area (TPSA) is 64.8 Å². The predicted molar refractivity (Wildman–Crippen MR) is 63.5 cm³/mol. The van der Waals surface area contributed by atoms with Gasteiger partial charge in [0, 0.05) is 13.1 Å². The summed E-state index contributed by atoms with van der Waals surface area (Å²) in [6, 6.07) is 0.276. The van der Waals surface area contributed by atoms with Crippen LogP contribution in [0.5, 0.6) is 0 Å². The number of rotatable bonds is 3. The van der Waals surface area contributed by atoms with Crippen LogP contribution in [0.4, 0.5) is 0 Å². The lowest BCUT2D eigenvalue weighted by Gasteiger charge is -2.33. The number of nitrogens with zero attached hydrogens (tertiary/aromatic N) is 1. The molecule has 2 aliphatic rings. The summed E-state index contributed by atoms with van der Waals surface area (Å²) in [5.41, 5.74) is 5.75. The zero-order valence-electron chi connectivity index (χ0n) is 10.4. The van der Waals surface area contributed by atoms with Gasteiger partial charge in [0.25, 0.3) is 5.91 Å². The number of hydrogen-bond donors (Lipinski definition) is 1. The summed E-state index contributed by atoms with van der Waals surface area (Å²) in [6.07, 6.45) is 2.91. The largest absolute Gasteiger partial charge is 0.376 e. The average Bonchev–Trinajstić information content (AvgIpc) is 2.86. The first-order valence-electron chi connectivity index (χ1n) is 6.40. The van der Waals surface area contributed by atoms with Crippen LogP contribution in [0, 0.1) is 5.92 Å². The molecule has 1 aliphatic carbocycles. The molecule has 2 fully saturated rings. The van der Waals surface area contributed by atoms with Gasteiger partial charge in [-0.15, -0.1) is 0 Å². The summed E-state index contributed by atoms with van der Waals surface area (Å²) in [5, 5.41) is 0. The third-order valence-corrected chi connectivity index (χ3v) is 3.86. The standard InChI is InChI=1S/C12H22N2O3/c1-14(10-4-2-3-9(10)7-13)12(15)11-8-16-5-6-17-11/h9-11H,2-8,13H2,1H3. The maximum Gasteiger partial charge on any atom is 0.254 e. The molecule has 0 aromatic rings. The second-order valence-corrected chi connectivity index (χ2v) is 4.88. The number of amides is 1. The quantitative estimate of drug-likeness (QED) is 0.756. The van der Waals surface area contributed by atoms with Crippen LogP contribution >= 0.6 is 0 Å². The molecule has 1 saturated heterocycles. The van der Waals surface area contributed by atoms with E-state index < -0.39 is 6.10 Å². The second kappa shape index (κ2) is 5.80. The number of hydrogen-bond acceptors (Lipinski definition) is 4. The molecule has 2 rings (SSSR count). The van der Waals surface area contributed by atoms with Crippen molar-refractivity contribution in [2.24, 2.45) is 11.7 Å². The minimum Gasteiger partial charge on any atom is -0.376 e. The van der Waals surface area contributed by atoms with Crippen molar-refractivity contribution in [3.8, 4) is 0 Å². The SMILES string of the molecule is CN(C(=O)C1COCCO1)C1CCCC1CN. The molecule has 5 nitrogen and oxygen atoms in total. The number of likely N-dealkylation sites (N-methyl/N-ethyl adjacent to an activating group) is 1. The zero-order valence-corrected chi connectivity index (χ0v) is 10.4. The van der Waals surface area contributed by atoms with E-state index in [1.54, 1.807) is 0 Å². The van der Waals surface area contributed by atoms with E-state index in [9.17, 15) is 4.79 Å². The van der Waals surface area contributed by atoms with Crippen LogP contribution in [0.25, 0.3) is 0 Å². The summed E-state index contributed by atoms with van der Waals surface area (Å²) in [5.74, 6) is 0.475. The van der Waals surface area contributed by atoms with Crippen molar-refractivity contribution in [2.45, 2.75) is 31.4 Å². The first-order valence-corrected chi connectivity index (χ1v) is 6.40. The Morgan fingerprint density at radius 1 is 1.41 bits per heavy atom. The van der Waals surface area contributed by atoms with E-state index in [-0.39, 0.29) is 11.9 Å². The summed E-state index contributed by atoms with van der Waals surface area (Å²) in [4.78, 5) is 14.0. The Morgan fingerprint density at radius 2 is 2.24 bits per heavy atom. The van der Waals surface area contributed by atoms with E-state index in [0.717, 1.165) is 19.3 Å². The molecule has 0 spiro atoms. The van der Waals surface area contributed by atoms with Gasteiger partial charge in [-0.25, -0.2) is 0 Å². The molecule has 3 atom stereocenters. The number of ether oxygens (including phenoxy) is 2. The molecule has 1 saturated carbocycles. The predicted octanol–water partition coefficient (Wildman–Crippen LogP) is -0.0124. The number of nitrogens with two attached hydrogens (primary N) is 1. The third-order valence-electron chi connectivity index (χ3n) is 3.86. The normalized spacial score (nSPS) is 33.6. The molecular weight excluding hydrogens is 220 g/mol. The molecule has 3 unspecified atom stereocenters. The van der Waals surface area contributed by atoms with Crippen molar-refractivity contribution in [1.82, 2.24) is 4.90 Å². The number of carbonyl (C=O) groups excluding carboxylic acids is 1. The highest BCUT2D eigenvalue weighted by Gasteiger charge is 2.35. The van der Waals surface area contributed by atoms with Crippen LogP contribution < -0.4 is 5.73 Å². The van der Waals surface area contributed by atoms with Gasteiger partial charge in [0.1, 0.15) is 0 Å². The molecule has 1 aliphatic heterocycles. The maximum absolute atomic E-state index is 12.2. The first-order chi connectivity index (χ1) is 8.24. The zero-order chi connectivity index (χ0) is 12.3. The Hall–Kier alpha value is -0.650. The summed E-state index contributed by atoms with van der Waals surface area (Å²) in [7, 11) is 1.86. The lowest BCUT2D eigenvalue weighted by molar-refractivity contribution is -0.159. The van der Waals surface area contributed by atoms with Gasteiger partial charge in [-0.3, -0.25) is 4.79 Å². The molecule has 1 amide bonds. The Balaban J connectivity index is 1.93. The minimum absolute atomic E-state index is 0.0371. The molecule has 98 valence electrons. The van der Waals surface area contributed by atoms with E-state index in [1.807, 2.05) is 11.9 Å². The van der Waals surface area contributed by atoms with E-state index in [4.69, 9.17) is 15.2 Å². The average molecular weight is 242 g/mol. The molecule has 0 bridgehead atoms. The van der Waals surface area contributed by atoms with Crippen molar-refractivity contribution < 1.29 is 14.3 Å². The minimum atomic E-state index is -0.423. The monoisotopic (exact) mass is 242 g/mol. The van der Waals surface area contributed by atoms with Crippen LogP contribution in [-0.4, -0.2) is 56.4 Å². The van der Waals surface area contributed by atoms with Crippen molar-refractivity contribution in [3.05, 3.63) is 0 Å². The van der Waals surface area contributed by atoms with Crippen LogP contribution in [0.1, 0.15) is 19.3 Å².